The van der Waals surface area contributed by atoms with E-state index in [1.807, 2.05) is 0 Å². The van der Waals surface area contributed by atoms with Gasteiger partial charge in [0.15, 0.2) is 0 Å². The molecule has 4 nitrogen and oxygen atoms in total. The summed E-state index contributed by atoms with van der Waals surface area (Å²) >= 11 is 5.84. The first kappa shape index (κ1) is 10.7. The average Bonchev–Trinajstić information content (AvgIpc) is 2.32. The van der Waals surface area contributed by atoms with E-state index in [0.29, 0.717) is 23.1 Å². The van der Waals surface area contributed by atoms with E-state index in [0.717, 1.165) is 5.69 Å². The van der Waals surface area contributed by atoms with Crippen molar-refractivity contribution in [1.82, 2.24) is 9.97 Å². The molecule has 1 heterocycles. The summed E-state index contributed by atoms with van der Waals surface area (Å²) in [6.45, 7) is 0.318. The lowest BCUT2D eigenvalue weighted by Crippen LogP contribution is -2.00. The maximum absolute atomic E-state index is 5.84. The van der Waals surface area contributed by atoms with Crippen LogP contribution in [0.25, 0.3) is 0 Å². The predicted molar refractivity (Wildman–Crippen MR) is 62.2 cm³/mol. The minimum absolute atomic E-state index is 0.318. The van der Waals surface area contributed by atoms with E-state index < -0.39 is 0 Å². The van der Waals surface area contributed by atoms with Gasteiger partial charge in [-0.3, -0.25) is 9.97 Å². The molecule has 0 aliphatic carbocycles. The zero-order valence-electron chi connectivity index (χ0n) is 8.43. The van der Waals surface area contributed by atoms with Gasteiger partial charge in [0, 0.05) is 23.5 Å². The van der Waals surface area contributed by atoms with Gasteiger partial charge in [-0.25, -0.2) is 0 Å². The molecule has 16 heavy (non-hydrogen) atoms. The van der Waals surface area contributed by atoms with Gasteiger partial charge in [0.2, 0.25) is 0 Å². The van der Waals surface area contributed by atoms with Crippen LogP contribution in [-0.4, -0.2) is 9.97 Å². The van der Waals surface area contributed by atoms with E-state index in [1.54, 1.807) is 36.8 Å². The van der Waals surface area contributed by atoms with Crippen LogP contribution in [0.5, 0.6) is 5.75 Å². The third kappa shape index (κ3) is 2.61. The Bertz CT molecular complexity index is 476. The maximum atomic E-state index is 5.84. The molecule has 0 bridgehead atoms. The van der Waals surface area contributed by atoms with Crippen molar-refractivity contribution in [2.45, 2.75) is 6.61 Å². The molecule has 5 heteroatoms. The van der Waals surface area contributed by atoms with Crippen LogP contribution in [0.3, 0.4) is 0 Å². The molecule has 0 unspecified atom stereocenters. The van der Waals surface area contributed by atoms with Gasteiger partial charge in [-0.1, -0.05) is 11.6 Å². The number of nitrogens with zero attached hydrogens (tertiary/aromatic N) is 2. The summed E-state index contributed by atoms with van der Waals surface area (Å²) < 4.78 is 5.49. The lowest BCUT2D eigenvalue weighted by atomic mass is 10.3. The van der Waals surface area contributed by atoms with E-state index >= 15 is 0 Å². The van der Waals surface area contributed by atoms with Crippen LogP contribution in [0.4, 0.5) is 5.69 Å². The topological polar surface area (TPSA) is 61.0 Å². The predicted octanol–water partition coefficient (Wildman–Crippen LogP) is 2.29. The number of halogens is 1. The van der Waals surface area contributed by atoms with Crippen molar-refractivity contribution in [2.24, 2.45) is 0 Å². The molecule has 0 atom stereocenters. The summed E-state index contributed by atoms with van der Waals surface area (Å²) in [6, 6.07) is 5.09. The van der Waals surface area contributed by atoms with E-state index in [2.05, 4.69) is 9.97 Å². The van der Waals surface area contributed by atoms with Crippen molar-refractivity contribution in [3.05, 3.63) is 47.5 Å². The second-order valence-corrected chi connectivity index (χ2v) is 3.60. The van der Waals surface area contributed by atoms with Crippen LogP contribution in [0, 0.1) is 0 Å². The maximum Gasteiger partial charge on any atom is 0.144 e. The van der Waals surface area contributed by atoms with Crippen molar-refractivity contribution in [2.75, 3.05) is 5.73 Å². The second kappa shape index (κ2) is 4.81. The van der Waals surface area contributed by atoms with Crippen molar-refractivity contribution >= 4 is 17.3 Å². The number of anilines is 1. The Morgan fingerprint density at radius 1 is 1.31 bits per heavy atom. The van der Waals surface area contributed by atoms with Crippen LogP contribution in [0.15, 0.2) is 36.8 Å². The molecule has 0 fully saturated rings. The van der Waals surface area contributed by atoms with Crippen LogP contribution < -0.4 is 10.5 Å². The Hall–Kier alpha value is -1.81. The number of rotatable bonds is 3. The molecule has 1 aromatic heterocycles. The summed E-state index contributed by atoms with van der Waals surface area (Å²) in [5.41, 5.74) is 7.02. The molecule has 0 spiro atoms. The Kier molecular flexibility index (Phi) is 3.22. The van der Waals surface area contributed by atoms with Crippen LogP contribution >= 0.6 is 11.6 Å². The van der Waals surface area contributed by atoms with Gasteiger partial charge in [0.05, 0.1) is 17.6 Å². The first-order chi connectivity index (χ1) is 7.75. The molecule has 0 saturated heterocycles. The number of ether oxygens (including phenoxy) is 1. The van der Waals surface area contributed by atoms with Crippen molar-refractivity contribution in [3.8, 4) is 5.75 Å². The molecule has 82 valence electrons. The summed E-state index contributed by atoms with van der Waals surface area (Å²) in [5.74, 6) is 0.554. The molecule has 1 aromatic carbocycles. The summed E-state index contributed by atoms with van der Waals surface area (Å²) in [4.78, 5) is 8.02. The lowest BCUT2D eigenvalue weighted by molar-refractivity contribution is 0.302. The highest BCUT2D eigenvalue weighted by Crippen LogP contribution is 2.25. The largest absolute Gasteiger partial charge is 0.485 e. The normalized spacial score (nSPS) is 10.1. The fourth-order valence-electron chi connectivity index (χ4n) is 1.19. The van der Waals surface area contributed by atoms with Crippen LogP contribution in [-0.2, 0) is 6.61 Å². The molecular weight excluding hydrogens is 226 g/mol. The third-order valence-electron chi connectivity index (χ3n) is 1.97. The van der Waals surface area contributed by atoms with E-state index in [4.69, 9.17) is 22.1 Å². The Morgan fingerprint density at radius 3 is 2.94 bits per heavy atom. The van der Waals surface area contributed by atoms with Gasteiger partial charge in [-0.05, 0) is 12.1 Å². The van der Waals surface area contributed by atoms with Crippen molar-refractivity contribution in [1.29, 1.82) is 0 Å². The fraction of sp³-hybridized carbons (Fsp3) is 0.0909. The van der Waals surface area contributed by atoms with Gasteiger partial charge < -0.3 is 10.5 Å². The zero-order valence-corrected chi connectivity index (χ0v) is 9.19. The summed E-state index contributed by atoms with van der Waals surface area (Å²) in [7, 11) is 0. The summed E-state index contributed by atoms with van der Waals surface area (Å²) in [6.07, 6.45) is 4.86. The molecule has 2 rings (SSSR count). The Morgan fingerprint density at radius 2 is 2.19 bits per heavy atom. The Balaban J connectivity index is 2.08. The fourth-order valence-corrected chi connectivity index (χ4v) is 1.35. The number of nitrogen functional groups attached to an aromatic ring is 1. The van der Waals surface area contributed by atoms with Gasteiger partial charge in [-0.15, -0.1) is 0 Å². The number of hydrogen-bond acceptors (Lipinski definition) is 4. The van der Waals surface area contributed by atoms with Crippen molar-refractivity contribution < 1.29 is 4.74 Å². The van der Waals surface area contributed by atoms with E-state index in [9.17, 15) is 0 Å². The van der Waals surface area contributed by atoms with E-state index in [1.165, 1.54) is 0 Å². The highest BCUT2D eigenvalue weighted by atomic mass is 35.5. The third-order valence-corrected chi connectivity index (χ3v) is 2.20. The highest BCUT2D eigenvalue weighted by Gasteiger charge is 2.02. The molecule has 0 aliphatic heterocycles. The number of nitrogens with two attached hydrogens (primary N) is 1. The van der Waals surface area contributed by atoms with E-state index in [-0.39, 0.29) is 0 Å². The molecule has 0 aliphatic rings. The lowest BCUT2D eigenvalue weighted by Gasteiger charge is -2.08. The summed E-state index contributed by atoms with van der Waals surface area (Å²) in [5, 5.41) is 0.586. The molecule has 2 aromatic rings. The molecule has 2 N–H and O–H groups in total. The number of aromatic nitrogens is 2. The molecule has 0 radical (unpaired) electrons. The zero-order chi connectivity index (χ0) is 11.4. The minimum atomic E-state index is 0.318. The SMILES string of the molecule is Nc1ccc(Cl)cc1OCc1cnccn1. The standard InChI is InChI=1S/C11H10ClN3O/c12-8-1-2-10(13)11(5-8)16-7-9-6-14-3-4-15-9/h1-6H,7,13H2. The van der Waals surface area contributed by atoms with Crippen LogP contribution in [0.2, 0.25) is 5.02 Å². The van der Waals surface area contributed by atoms with Gasteiger partial charge >= 0.3 is 0 Å². The van der Waals surface area contributed by atoms with Gasteiger partial charge in [0.1, 0.15) is 12.4 Å². The molecule has 0 saturated carbocycles. The smallest absolute Gasteiger partial charge is 0.144 e. The van der Waals surface area contributed by atoms with Crippen LogP contribution in [0.1, 0.15) is 5.69 Å². The molecule has 0 amide bonds. The quantitative estimate of drug-likeness (QED) is 0.830. The molecular formula is C11H10ClN3O. The minimum Gasteiger partial charge on any atom is -0.485 e. The second-order valence-electron chi connectivity index (χ2n) is 3.17. The monoisotopic (exact) mass is 235 g/mol. The number of benzene rings is 1. The first-order valence-corrected chi connectivity index (χ1v) is 5.06. The Labute approximate surface area is 98.0 Å². The number of hydrogen-bond donors (Lipinski definition) is 1. The first-order valence-electron chi connectivity index (χ1n) is 4.68. The highest BCUT2D eigenvalue weighted by molar-refractivity contribution is 6.30. The van der Waals surface area contributed by atoms with Gasteiger partial charge in [0.25, 0.3) is 0 Å². The van der Waals surface area contributed by atoms with Gasteiger partial charge in [-0.2, -0.15) is 0 Å². The van der Waals surface area contributed by atoms with Crippen molar-refractivity contribution in [3.63, 3.8) is 0 Å². The average molecular weight is 236 g/mol.